The molecule has 32 heavy (non-hydrogen) atoms. The molecule has 0 saturated heterocycles. The third-order valence-electron chi connectivity index (χ3n) is 4.43. The summed E-state index contributed by atoms with van der Waals surface area (Å²) in [7, 11) is 0. The molecule has 2 heterocycles. The number of anilines is 2. The van der Waals surface area contributed by atoms with E-state index in [0.717, 1.165) is 0 Å². The zero-order valence-electron chi connectivity index (χ0n) is 17.0. The number of aromatic nitrogens is 1. The molecule has 0 atom stereocenters. The second kappa shape index (κ2) is 9.48. The van der Waals surface area contributed by atoms with Gasteiger partial charge in [0.15, 0.2) is 16.6 Å². The Bertz CT molecular complexity index is 1160. The maximum atomic E-state index is 12.5. The fourth-order valence-electron chi connectivity index (χ4n) is 2.93. The van der Waals surface area contributed by atoms with Gasteiger partial charge in [-0.05, 0) is 49.4 Å². The second-order valence-corrected chi connectivity index (χ2v) is 7.55. The number of thiazole rings is 1. The maximum absolute atomic E-state index is 12.5. The molecule has 0 spiro atoms. The summed E-state index contributed by atoms with van der Waals surface area (Å²) in [6, 6.07) is 11.3. The SMILES string of the molecule is CCOC(=O)c1ccc(NC(=O)Cc2csc(NC(=O)c3ccc4c(c3)OCO4)n2)cc1. The highest BCUT2D eigenvalue weighted by atomic mass is 32.1. The summed E-state index contributed by atoms with van der Waals surface area (Å²) in [5.41, 5.74) is 1.90. The van der Waals surface area contributed by atoms with Gasteiger partial charge in [-0.25, -0.2) is 9.78 Å². The first-order valence-electron chi connectivity index (χ1n) is 9.74. The van der Waals surface area contributed by atoms with Crippen LogP contribution in [0.2, 0.25) is 0 Å². The van der Waals surface area contributed by atoms with Crippen LogP contribution >= 0.6 is 11.3 Å². The molecule has 3 aromatic rings. The number of carbonyl (C=O) groups excluding carboxylic acids is 3. The molecule has 0 bridgehead atoms. The van der Waals surface area contributed by atoms with Crippen LogP contribution in [0.4, 0.5) is 10.8 Å². The first-order valence-corrected chi connectivity index (χ1v) is 10.6. The van der Waals surface area contributed by atoms with Gasteiger partial charge >= 0.3 is 5.97 Å². The molecule has 2 aromatic carbocycles. The normalized spacial score (nSPS) is 11.7. The van der Waals surface area contributed by atoms with Crippen molar-refractivity contribution in [3.63, 3.8) is 0 Å². The Morgan fingerprint density at radius 2 is 1.78 bits per heavy atom. The van der Waals surface area contributed by atoms with Gasteiger partial charge in [-0.15, -0.1) is 11.3 Å². The fourth-order valence-corrected chi connectivity index (χ4v) is 3.63. The summed E-state index contributed by atoms with van der Waals surface area (Å²) in [4.78, 5) is 40.7. The van der Waals surface area contributed by atoms with Crippen LogP contribution in [0.15, 0.2) is 47.8 Å². The Hall–Kier alpha value is -3.92. The molecule has 0 radical (unpaired) electrons. The number of esters is 1. The van der Waals surface area contributed by atoms with E-state index in [2.05, 4.69) is 15.6 Å². The highest BCUT2D eigenvalue weighted by molar-refractivity contribution is 7.14. The van der Waals surface area contributed by atoms with Crippen LogP contribution in [-0.2, 0) is 16.0 Å². The topological polar surface area (TPSA) is 116 Å². The summed E-state index contributed by atoms with van der Waals surface area (Å²) < 4.78 is 15.5. The maximum Gasteiger partial charge on any atom is 0.338 e. The smallest absolute Gasteiger partial charge is 0.338 e. The molecule has 0 unspecified atom stereocenters. The molecule has 164 valence electrons. The Kier molecular flexibility index (Phi) is 6.31. The van der Waals surface area contributed by atoms with Gasteiger partial charge in [0.25, 0.3) is 5.91 Å². The number of hydrogen-bond acceptors (Lipinski definition) is 8. The minimum absolute atomic E-state index is 0.0377. The van der Waals surface area contributed by atoms with Gasteiger partial charge in [0.1, 0.15) is 0 Å². The molecule has 2 amide bonds. The van der Waals surface area contributed by atoms with Crippen molar-refractivity contribution in [2.75, 3.05) is 24.0 Å². The molecule has 0 saturated carbocycles. The molecule has 0 aliphatic carbocycles. The van der Waals surface area contributed by atoms with Crippen molar-refractivity contribution in [1.82, 2.24) is 4.98 Å². The van der Waals surface area contributed by atoms with Crippen molar-refractivity contribution in [2.24, 2.45) is 0 Å². The lowest BCUT2D eigenvalue weighted by Crippen LogP contribution is -2.15. The average molecular weight is 453 g/mol. The van der Waals surface area contributed by atoms with Gasteiger partial charge < -0.3 is 19.5 Å². The predicted octanol–water partition coefficient (Wildman–Crippen LogP) is 3.48. The summed E-state index contributed by atoms with van der Waals surface area (Å²) in [5.74, 6) is 0.0930. The van der Waals surface area contributed by atoms with E-state index in [1.807, 2.05) is 0 Å². The zero-order valence-corrected chi connectivity index (χ0v) is 17.9. The van der Waals surface area contributed by atoms with Crippen molar-refractivity contribution in [3.05, 3.63) is 64.7 Å². The summed E-state index contributed by atoms with van der Waals surface area (Å²) in [6.07, 6.45) is 0.0377. The van der Waals surface area contributed by atoms with Crippen LogP contribution in [0, 0.1) is 0 Å². The number of nitrogens with zero attached hydrogens (tertiary/aromatic N) is 1. The third-order valence-corrected chi connectivity index (χ3v) is 5.23. The standard InChI is InChI=1S/C22H19N3O6S/c1-2-29-21(28)13-3-6-15(7-4-13)23-19(26)10-16-11-32-22(24-16)25-20(27)14-5-8-17-18(9-14)31-12-30-17/h3-9,11H,2,10,12H2,1H3,(H,23,26)(H,24,25,27). The first kappa shape index (κ1) is 21.3. The van der Waals surface area contributed by atoms with Gasteiger partial charge in [-0.3, -0.25) is 14.9 Å². The van der Waals surface area contributed by atoms with Crippen molar-refractivity contribution in [1.29, 1.82) is 0 Å². The van der Waals surface area contributed by atoms with E-state index in [1.165, 1.54) is 11.3 Å². The van der Waals surface area contributed by atoms with Crippen molar-refractivity contribution in [3.8, 4) is 11.5 Å². The molecule has 1 aliphatic heterocycles. The number of rotatable bonds is 7. The van der Waals surface area contributed by atoms with E-state index in [1.54, 1.807) is 54.8 Å². The van der Waals surface area contributed by atoms with Gasteiger partial charge in [-0.2, -0.15) is 0 Å². The Morgan fingerprint density at radius 1 is 1.03 bits per heavy atom. The highest BCUT2D eigenvalue weighted by Crippen LogP contribution is 2.32. The number of carbonyl (C=O) groups is 3. The molecule has 10 heteroatoms. The monoisotopic (exact) mass is 453 g/mol. The van der Waals surface area contributed by atoms with E-state index in [-0.39, 0.29) is 25.0 Å². The Balaban J connectivity index is 1.31. The van der Waals surface area contributed by atoms with Gasteiger partial charge in [-0.1, -0.05) is 0 Å². The van der Waals surface area contributed by atoms with Crippen LogP contribution in [0.25, 0.3) is 0 Å². The average Bonchev–Trinajstić information content (AvgIpc) is 3.43. The van der Waals surface area contributed by atoms with Crippen molar-refractivity contribution < 1.29 is 28.6 Å². The lowest BCUT2D eigenvalue weighted by atomic mass is 10.2. The number of amides is 2. The molecular formula is C22H19N3O6S. The van der Waals surface area contributed by atoms with E-state index < -0.39 is 5.97 Å². The number of fused-ring (bicyclic) bond motifs is 1. The Labute approximate surface area is 187 Å². The van der Waals surface area contributed by atoms with Gasteiger partial charge in [0, 0.05) is 16.6 Å². The minimum Gasteiger partial charge on any atom is -0.462 e. The molecule has 1 aliphatic rings. The predicted molar refractivity (Wildman–Crippen MR) is 117 cm³/mol. The summed E-state index contributed by atoms with van der Waals surface area (Å²) >= 11 is 1.23. The summed E-state index contributed by atoms with van der Waals surface area (Å²) in [6.45, 7) is 2.16. The summed E-state index contributed by atoms with van der Waals surface area (Å²) in [5, 5.41) is 7.56. The quantitative estimate of drug-likeness (QED) is 0.526. The van der Waals surface area contributed by atoms with Crippen molar-refractivity contribution in [2.45, 2.75) is 13.3 Å². The highest BCUT2D eigenvalue weighted by Gasteiger charge is 2.17. The second-order valence-electron chi connectivity index (χ2n) is 6.69. The molecular weight excluding hydrogens is 434 g/mol. The van der Waals surface area contributed by atoms with E-state index in [9.17, 15) is 14.4 Å². The zero-order chi connectivity index (χ0) is 22.5. The molecule has 2 N–H and O–H groups in total. The van der Waals surface area contributed by atoms with E-state index >= 15 is 0 Å². The van der Waals surface area contributed by atoms with Crippen LogP contribution in [0.5, 0.6) is 11.5 Å². The van der Waals surface area contributed by atoms with Crippen LogP contribution in [-0.4, -0.2) is 36.2 Å². The third kappa shape index (κ3) is 5.03. The molecule has 1 aromatic heterocycles. The Morgan fingerprint density at radius 3 is 2.56 bits per heavy atom. The molecule has 0 fully saturated rings. The van der Waals surface area contributed by atoms with Crippen LogP contribution < -0.4 is 20.1 Å². The largest absolute Gasteiger partial charge is 0.462 e. The number of ether oxygens (including phenoxy) is 3. The minimum atomic E-state index is -0.414. The lowest BCUT2D eigenvalue weighted by Gasteiger charge is -2.06. The molecule has 9 nitrogen and oxygen atoms in total. The van der Waals surface area contributed by atoms with Crippen LogP contribution in [0.1, 0.15) is 33.3 Å². The van der Waals surface area contributed by atoms with Gasteiger partial charge in [0.2, 0.25) is 12.7 Å². The lowest BCUT2D eigenvalue weighted by molar-refractivity contribution is -0.115. The number of benzene rings is 2. The van der Waals surface area contributed by atoms with Crippen molar-refractivity contribution >= 4 is 39.9 Å². The molecule has 4 rings (SSSR count). The first-order chi connectivity index (χ1) is 15.5. The van der Waals surface area contributed by atoms with Gasteiger partial charge in [0.05, 0.1) is 24.3 Å². The number of nitrogens with one attached hydrogen (secondary N) is 2. The van der Waals surface area contributed by atoms with Crippen LogP contribution in [0.3, 0.4) is 0 Å². The van der Waals surface area contributed by atoms with E-state index in [0.29, 0.717) is 45.7 Å². The van der Waals surface area contributed by atoms with E-state index in [4.69, 9.17) is 14.2 Å². The fraction of sp³-hybridized carbons (Fsp3) is 0.182. The number of hydrogen-bond donors (Lipinski definition) is 2.